The molecule has 0 spiro atoms. The lowest BCUT2D eigenvalue weighted by molar-refractivity contribution is 0.277. The maximum absolute atomic E-state index is 9.13. The number of hydrogen-bond donors (Lipinski definition) is 3. The summed E-state index contributed by atoms with van der Waals surface area (Å²) in [7, 11) is 1.59. The summed E-state index contributed by atoms with van der Waals surface area (Å²) in [5.74, 6) is 0.661. The Bertz CT molecular complexity index is 501. The van der Waals surface area contributed by atoms with Crippen molar-refractivity contribution in [1.29, 1.82) is 0 Å². The molecule has 0 aliphatic carbocycles. The highest BCUT2D eigenvalue weighted by Gasteiger charge is 2.12. The third-order valence-electron chi connectivity index (χ3n) is 2.70. The highest BCUT2D eigenvalue weighted by molar-refractivity contribution is 5.97. The molecule has 1 heterocycles. The Morgan fingerprint density at radius 2 is 2.20 bits per heavy atom. The second kappa shape index (κ2) is 3.47. The molecule has 4 N–H and O–H groups in total. The van der Waals surface area contributed by atoms with Crippen molar-refractivity contribution >= 4 is 16.6 Å². The van der Waals surface area contributed by atoms with Gasteiger partial charge in [-0.25, -0.2) is 0 Å². The highest BCUT2D eigenvalue weighted by Crippen LogP contribution is 2.33. The number of aromatic amines is 1. The molecule has 80 valence electrons. The number of nitrogens with two attached hydrogens (primary N) is 1. The second-order valence-corrected chi connectivity index (χ2v) is 3.49. The van der Waals surface area contributed by atoms with Crippen LogP contribution in [0.4, 0.5) is 5.69 Å². The predicted octanol–water partition coefficient (Wildman–Crippen LogP) is 1.56. The number of nitrogens with one attached hydrogen (secondary N) is 1. The number of aromatic nitrogens is 1. The molecule has 2 aromatic rings. The van der Waals surface area contributed by atoms with E-state index in [-0.39, 0.29) is 6.61 Å². The molecule has 0 atom stereocenters. The topological polar surface area (TPSA) is 71.3 Å². The molecule has 0 aliphatic heterocycles. The summed E-state index contributed by atoms with van der Waals surface area (Å²) in [5, 5.41) is 10.1. The van der Waals surface area contributed by atoms with Crippen molar-refractivity contribution < 1.29 is 9.84 Å². The Morgan fingerprint density at radius 1 is 1.47 bits per heavy atom. The van der Waals surface area contributed by atoms with Gasteiger partial charge in [0.15, 0.2) is 0 Å². The van der Waals surface area contributed by atoms with Crippen LogP contribution >= 0.6 is 0 Å². The number of aliphatic hydroxyl groups excluding tert-OH is 1. The van der Waals surface area contributed by atoms with E-state index in [1.807, 2.05) is 19.1 Å². The molecule has 0 fully saturated rings. The average molecular weight is 206 g/mol. The third-order valence-corrected chi connectivity index (χ3v) is 2.70. The minimum absolute atomic E-state index is 0.0116. The van der Waals surface area contributed by atoms with E-state index in [0.717, 1.165) is 22.2 Å². The number of H-pyrrole nitrogens is 1. The Morgan fingerprint density at radius 3 is 2.80 bits per heavy atom. The fourth-order valence-corrected chi connectivity index (χ4v) is 1.85. The monoisotopic (exact) mass is 206 g/mol. The third kappa shape index (κ3) is 1.34. The van der Waals surface area contributed by atoms with Crippen molar-refractivity contribution in [1.82, 2.24) is 4.98 Å². The zero-order chi connectivity index (χ0) is 11.0. The van der Waals surface area contributed by atoms with Crippen molar-refractivity contribution in [3.8, 4) is 5.75 Å². The Kier molecular flexibility index (Phi) is 2.28. The summed E-state index contributed by atoms with van der Waals surface area (Å²) in [6, 6.07) is 3.71. The van der Waals surface area contributed by atoms with E-state index < -0.39 is 0 Å². The number of methoxy groups -OCH3 is 1. The molecule has 0 amide bonds. The zero-order valence-corrected chi connectivity index (χ0v) is 8.79. The number of fused-ring (bicyclic) bond motifs is 1. The number of aliphatic hydroxyl groups is 1. The minimum atomic E-state index is -0.0116. The van der Waals surface area contributed by atoms with Gasteiger partial charge in [0.2, 0.25) is 0 Å². The Balaban J connectivity index is 2.79. The molecule has 0 bridgehead atoms. The van der Waals surface area contributed by atoms with Gasteiger partial charge in [-0.05, 0) is 24.6 Å². The van der Waals surface area contributed by atoms with Crippen LogP contribution in [0.5, 0.6) is 5.75 Å². The normalized spacial score (nSPS) is 10.9. The quantitative estimate of drug-likeness (QED) is 0.653. The maximum atomic E-state index is 9.13. The SMILES string of the molecule is COc1ccc2[nH]c(CO)c(C)c2c1N. The Hall–Kier alpha value is -1.68. The Labute approximate surface area is 87.7 Å². The standard InChI is InChI=1S/C11H14N2O2/c1-6-8(5-14)13-7-3-4-9(15-2)11(12)10(6)7/h3-4,13-14H,5,12H2,1-2H3. The van der Waals surface area contributed by atoms with Crippen LogP contribution < -0.4 is 10.5 Å². The van der Waals surface area contributed by atoms with Gasteiger partial charge in [0.25, 0.3) is 0 Å². The van der Waals surface area contributed by atoms with Crippen LogP contribution in [0.15, 0.2) is 12.1 Å². The first kappa shape index (κ1) is 9.86. The van der Waals surface area contributed by atoms with Gasteiger partial charge in [0.05, 0.1) is 19.4 Å². The van der Waals surface area contributed by atoms with Crippen LogP contribution in [0.1, 0.15) is 11.3 Å². The van der Waals surface area contributed by atoms with Gasteiger partial charge in [0, 0.05) is 16.6 Å². The van der Waals surface area contributed by atoms with Gasteiger partial charge in [-0.15, -0.1) is 0 Å². The van der Waals surface area contributed by atoms with Crippen LogP contribution in [0, 0.1) is 6.92 Å². The summed E-state index contributed by atoms with van der Waals surface area (Å²) < 4.78 is 5.15. The van der Waals surface area contributed by atoms with Gasteiger partial charge in [-0.2, -0.15) is 0 Å². The predicted molar refractivity (Wildman–Crippen MR) is 59.9 cm³/mol. The van der Waals surface area contributed by atoms with Crippen molar-refractivity contribution in [2.45, 2.75) is 13.5 Å². The van der Waals surface area contributed by atoms with Gasteiger partial charge >= 0.3 is 0 Å². The van der Waals surface area contributed by atoms with Crippen molar-refractivity contribution in [2.75, 3.05) is 12.8 Å². The maximum Gasteiger partial charge on any atom is 0.142 e. The van der Waals surface area contributed by atoms with E-state index in [9.17, 15) is 0 Å². The van der Waals surface area contributed by atoms with Crippen LogP contribution in [0.2, 0.25) is 0 Å². The average Bonchev–Trinajstić information content (AvgIpc) is 2.57. The first-order valence-corrected chi connectivity index (χ1v) is 4.73. The van der Waals surface area contributed by atoms with Crippen molar-refractivity contribution in [3.63, 3.8) is 0 Å². The molecule has 4 heteroatoms. The number of ether oxygens (including phenoxy) is 1. The number of anilines is 1. The van der Waals surface area contributed by atoms with E-state index in [1.165, 1.54) is 0 Å². The summed E-state index contributed by atoms with van der Waals surface area (Å²) in [6.45, 7) is 1.92. The molecule has 4 nitrogen and oxygen atoms in total. The molecular formula is C11H14N2O2. The fraction of sp³-hybridized carbons (Fsp3) is 0.273. The highest BCUT2D eigenvalue weighted by atomic mass is 16.5. The lowest BCUT2D eigenvalue weighted by Crippen LogP contribution is -1.93. The summed E-state index contributed by atoms with van der Waals surface area (Å²) in [4.78, 5) is 3.12. The number of aryl methyl sites for hydroxylation is 1. The lowest BCUT2D eigenvalue weighted by Gasteiger charge is -2.05. The summed E-state index contributed by atoms with van der Waals surface area (Å²) in [5.41, 5.74) is 9.28. The van der Waals surface area contributed by atoms with Crippen LogP contribution in [0.3, 0.4) is 0 Å². The van der Waals surface area contributed by atoms with Gasteiger partial charge < -0.3 is 20.6 Å². The van der Waals surface area contributed by atoms with E-state index in [2.05, 4.69) is 4.98 Å². The first-order chi connectivity index (χ1) is 7.19. The molecule has 1 aromatic carbocycles. The van der Waals surface area contributed by atoms with Gasteiger partial charge in [-0.1, -0.05) is 0 Å². The molecule has 0 aliphatic rings. The van der Waals surface area contributed by atoms with Crippen molar-refractivity contribution in [2.24, 2.45) is 0 Å². The fourth-order valence-electron chi connectivity index (χ4n) is 1.85. The van der Waals surface area contributed by atoms with Crippen LogP contribution in [0.25, 0.3) is 10.9 Å². The molecule has 1 aromatic heterocycles. The molecule has 0 saturated carbocycles. The molecular weight excluding hydrogens is 192 g/mol. The number of rotatable bonds is 2. The van der Waals surface area contributed by atoms with Gasteiger partial charge in [0.1, 0.15) is 5.75 Å². The summed E-state index contributed by atoms with van der Waals surface area (Å²) >= 11 is 0. The number of hydrogen-bond acceptors (Lipinski definition) is 3. The molecule has 0 saturated heterocycles. The van der Waals surface area contributed by atoms with Gasteiger partial charge in [-0.3, -0.25) is 0 Å². The molecule has 15 heavy (non-hydrogen) atoms. The smallest absolute Gasteiger partial charge is 0.142 e. The molecule has 0 unspecified atom stereocenters. The second-order valence-electron chi connectivity index (χ2n) is 3.49. The number of benzene rings is 1. The molecule has 2 rings (SSSR count). The minimum Gasteiger partial charge on any atom is -0.495 e. The van der Waals surface area contributed by atoms with Crippen molar-refractivity contribution in [3.05, 3.63) is 23.4 Å². The lowest BCUT2D eigenvalue weighted by atomic mass is 10.1. The van der Waals surface area contributed by atoms with E-state index in [0.29, 0.717) is 11.4 Å². The van der Waals surface area contributed by atoms with Crippen LogP contribution in [-0.4, -0.2) is 17.2 Å². The molecule has 0 radical (unpaired) electrons. The number of nitrogen functional groups attached to an aromatic ring is 1. The van der Waals surface area contributed by atoms with Crippen LogP contribution in [-0.2, 0) is 6.61 Å². The summed E-state index contributed by atoms with van der Waals surface area (Å²) in [6.07, 6.45) is 0. The van der Waals surface area contributed by atoms with E-state index >= 15 is 0 Å². The van der Waals surface area contributed by atoms with E-state index in [1.54, 1.807) is 7.11 Å². The zero-order valence-electron chi connectivity index (χ0n) is 8.79. The van der Waals surface area contributed by atoms with E-state index in [4.69, 9.17) is 15.6 Å². The largest absolute Gasteiger partial charge is 0.495 e. The first-order valence-electron chi connectivity index (χ1n) is 4.73.